The molecule has 3 nitrogen and oxygen atoms in total. The van der Waals surface area contributed by atoms with Gasteiger partial charge in [0.15, 0.2) is 0 Å². The SMILES string of the molecule is CC1(C)OB(c2ccc3[nH]c(-c4ccccc4)c(-c4ccccc4)c3c2)OC1(C)C.CCC. The van der Waals surface area contributed by atoms with Crippen LogP contribution >= 0.6 is 0 Å². The average molecular weight is 439 g/mol. The number of fused-ring (bicyclic) bond motifs is 1. The Morgan fingerprint density at radius 1 is 0.727 bits per heavy atom. The van der Waals surface area contributed by atoms with Crippen LogP contribution in [0.3, 0.4) is 0 Å². The molecule has 4 heteroatoms. The minimum absolute atomic E-state index is 0.359. The summed E-state index contributed by atoms with van der Waals surface area (Å²) in [4.78, 5) is 3.65. The van der Waals surface area contributed by atoms with E-state index in [9.17, 15) is 0 Å². The molecule has 1 aromatic heterocycles. The Morgan fingerprint density at radius 3 is 1.79 bits per heavy atom. The maximum absolute atomic E-state index is 6.30. The van der Waals surface area contributed by atoms with Gasteiger partial charge in [0, 0.05) is 16.5 Å². The highest BCUT2D eigenvalue weighted by molar-refractivity contribution is 6.62. The van der Waals surface area contributed by atoms with Gasteiger partial charge in [-0.1, -0.05) is 93.1 Å². The summed E-state index contributed by atoms with van der Waals surface area (Å²) in [5.41, 5.74) is 6.12. The van der Waals surface area contributed by atoms with Crippen molar-refractivity contribution in [3.63, 3.8) is 0 Å². The molecule has 0 spiro atoms. The second-order valence-electron chi connectivity index (χ2n) is 9.71. The Bertz CT molecular complexity index is 1200. The summed E-state index contributed by atoms with van der Waals surface area (Å²) in [5, 5.41) is 1.17. The minimum Gasteiger partial charge on any atom is -0.399 e. The molecule has 0 unspecified atom stereocenters. The third-order valence-corrected chi connectivity index (χ3v) is 6.47. The zero-order valence-corrected chi connectivity index (χ0v) is 20.6. The number of aromatic amines is 1. The van der Waals surface area contributed by atoms with Gasteiger partial charge >= 0.3 is 7.12 Å². The van der Waals surface area contributed by atoms with Crippen molar-refractivity contribution >= 4 is 23.5 Å². The van der Waals surface area contributed by atoms with E-state index in [1.165, 1.54) is 28.5 Å². The van der Waals surface area contributed by atoms with Gasteiger partial charge in [-0.25, -0.2) is 0 Å². The van der Waals surface area contributed by atoms with Crippen molar-refractivity contribution in [1.82, 2.24) is 4.98 Å². The van der Waals surface area contributed by atoms with Gasteiger partial charge in [-0.2, -0.15) is 0 Å². The highest BCUT2D eigenvalue weighted by atomic mass is 16.7. The van der Waals surface area contributed by atoms with Crippen molar-refractivity contribution in [1.29, 1.82) is 0 Å². The van der Waals surface area contributed by atoms with E-state index in [2.05, 4.69) is 119 Å². The van der Waals surface area contributed by atoms with Crippen LogP contribution in [0.25, 0.3) is 33.3 Å². The van der Waals surface area contributed by atoms with Crippen molar-refractivity contribution in [2.24, 2.45) is 0 Å². The molecule has 1 saturated heterocycles. The lowest BCUT2D eigenvalue weighted by atomic mass is 9.78. The van der Waals surface area contributed by atoms with E-state index in [1.54, 1.807) is 0 Å². The molecule has 3 aromatic carbocycles. The molecule has 0 aliphatic carbocycles. The van der Waals surface area contributed by atoms with Crippen LogP contribution in [0.15, 0.2) is 78.9 Å². The van der Waals surface area contributed by atoms with Gasteiger partial charge < -0.3 is 14.3 Å². The standard InChI is InChI=1S/C26H26BNO2.C3H8/c1-25(2)26(3,4)30-27(29-25)20-15-16-22-21(17-20)23(18-11-7-5-8-12-18)24(28-22)19-13-9-6-10-14-19;1-3-2/h5-17,28H,1-4H3;3H2,1-2H3. The number of aromatic nitrogens is 1. The lowest BCUT2D eigenvalue weighted by Crippen LogP contribution is -2.41. The van der Waals surface area contributed by atoms with Gasteiger partial charge in [-0.05, 0) is 50.4 Å². The van der Waals surface area contributed by atoms with Gasteiger partial charge in [-0.15, -0.1) is 0 Å². The minimum atomic E-state index is -0.377. The van der Waals surface area contributed by atoms with Crippen LogP contribution in [-0.4, -0.2) is 23.3 Å². The Hall–Kier alpha value is -2.82. The number of H-pyrrole nitrogens is 1. The highest BCUT2D eigenvalue weighted by Crippen LogP contribution is 2.39. The number of rotatable bonds is 3. The summed E-state index contributed by atoms with van der Waals surface area (Å²) in [5.74, 6) is 0. The topological polar surface area (TPSA) is 34.2 Å². The molecule has 0 radical (unpaired) electrons. The molecule has 1 aliphatic rings. The first-order chi connectivity index (χ1) is 15.8. The van der Waals surface area contributed by atoms with Crippen molar-refractivity contribution in [3.8, 4) is 22.4 Å². The van der Waals surface area contributed by atoms with Gasteiger partial charge in [0.05, 0.1) is 16.9 Å². The first kappa shape index (κ1) is 23.3. The molecule has 4 aromatic rings. The fourth-order valence-corrected chi connectivity index (χ4v) is 4.06. The molecule has 1 aliphatic heterocycles. The van der Waals surface area contributed by atoms with Gasteiger partial charge in [0.25, 0.3) is 0 Å². The molecule has 5 rings (SSSR count). The predicted molar refractivity (Wildman–Crippen MR) is 141 cm³/mol. The first-order valence-electron chi connectivity index (χ1n) is 11.9. The molecule has 0 bridgehead atoms. The van der Waals surface area contributed by atoms with Crippen LogP contribution in [0.4, 0.5) is 0 Å². The monoisotopic (exact) mass is 439 g/mol. The smallest absolute Gasteiger partial charge is 0.399 e. The van der Waals surface area contributed by atoms with Crippen LogP contribution in [0.1, 0.15) is 48.0 Å². The predicted octanol–water partition coefficient (Wildman–Crippen LogP) is 7.22. The van der Waals surface area contributed by atoms with E-state index in [-0.39, 0.29) is 18.3 Å². The van der Waals surface area contributed by atoms with Crippen LogP contribution in [0.5, 0.6) is 0 Å². The van der Waals surface area contributed by atoms with Crippen LogP contribution < -0.4 is 5.46 Å². The van der Waals surface area contributed by atoms with Crippen LogP contribution in [-0.2, 0) is 9.31 Å². The maximum atomic E-state index is 6.30. The fraction of sp³-hybridized carbons (Fsp3) is 0.310. The molecular weight excluding hydrogens is 405 g/mol. The molecule has 1 fully saturated rings. The van der Waals surface area contributed by atoms with E-state index >= 15 is 0 Å². The number of benzene rings is 3. The third kappa shape index (κ3) is 4.51. The summed E-state index contributed by atoms with van der Waals surface area (Å²) in [6.07, 6.45) is 1.25. The average Bonchev–Trinajstić information content (AvgIpc) is 3.28. The first-order valence-corrected chi connectivity index (χ1v) is 11.9. The summed E-state index contributed by atoms with van der Waals surface area (Å²) in [6.45, 7) is 12.6. The Balaban J connectivity index is 0.000000821. The van der Waals surface area contributed by atoms with E-state index in [1.807, 2.05) is 6.07 Å². The van der Waals surface area contributed by atoms with Gasteiger partial charge in [0.1, 0.15) is 0 Å². The lowest BCUT2D eigenvalue weighted by Gasteiger charge is -2.32. The Kier molecular flexibility index (Phi) is 6.51. The van der Waals surface area contributed by atoms with Crippen molar-refractivity contribution in [2.45, 2.75) is 59.2 Å². The molecule has 2 heterocycles. The maximum Gasteiger partial charge on any atom is 0.494 e. The zero-order chi connectivity index (χ0) is 23.6. The Morgan fingerprint density at radius 2 is 1.24 bits per heavy atom. The van der Waals surface area contributed by atoms with E-state index in [0.29, 0.717) is 0 Å². The second kappa shape index (κ2) is 9.21. The molecule has 33 heavy (non-hydrogen) atoms. The van der Waals surface area contributed by atoms with Gasteiger partial charge in [-0.3, -0.25) is 0 Å². The number of nitrogens with one attached hydrogen (secondary N) is 1. The lowest BCUT2D eigenvalue weighted by molar-refractivity contribution is 0.00578. The normalized spacial score (nSPS) is 16.5. The van der Waals surface area contributed by atoms with Crippen molar-refractivity contribution in [3.05, 3.63) is 78.9 Å². The molecule has 1 N–H and O–H groups in total. The largest absolute Gasteiger partial charge is 0.494 e. The highest BCUT2D eigenvalue weighted by Gasteiger charge is 2.51. The molecule has 0 atom stereocenters. The number of hydrogen-bond donors (Lipinski definition) is 1. The van der Waals surface area contributed by atoms with Crippen molar-refractivity contribution < 1.29 is 9.31 Å². The summed E-state index contributed by atoms with van der Waals surface area (Å²) in [6, 6.07) is 27.5. The third-order valence-electron chi connectivity index (χ3n) is 6.47. The fourth-order valence-electron chi connectivity index (χ4n) is 4.06. The van der Waals surface area contributed by atoms with Gasteiger partial charge in [0.2, 0.25) is 0 Å². The Labute approximate surface area is 198 Å². The summed E-state index contributed by atoms with van der Waals surface area (Å²) < 4.78 is 12.6. The van der Waals surface area contributed by atoms with E-state index in [4.69, 9.17) is 9.31 Å². The second-order valence-corrected chi connectivity index (χ2v) is 9.71. The number of hydrogen-bond acceptors (Lipinski definition) is 2. The molecule has 0 saturated carbocycles. The molecule has 170 valence electrons. The van der Waals surface area contributed by atoms with E-state index < -0.39 is 0 Å². The van der Waals surface area contributed by atoms with Crippen LogP contribution in [0, 0.1) is 0 Å². The van der Waals surface area contributed by atoms with Crippen molar-refractivity contribution in [2.75, 3.05) is 0 Å². The summed E-state index contributed by atoms with van der Waals surface area (Å²) >= 11 is 0. The summed E-state index contributed by atoms with van der Waals surface area (Å²) in [7, 11) is -0.377. The molecular formula is C29H34BNO2. The zero-order valence-electron chi connectivity index (χ0n) is 20.6. The molecule has 0 amide bonds. The quantitative estimate of drug-likeness (QED) is 0.342. The van der Waals surface area contributed by atoms with Crippen LogP contribution in [0.2, 0.25) is 0 Å². The van der Waals surface area contributed by atoms with E-state index in [0.717, 1.165) is 16.7 Å².